The summed E-state index contributed by atoms with van der Waals surface area (Å²) in [5.74, 6) is -8.04. The Bertz CT molecular complexity index is 1680. The molecule has 23 heteroatoms. The van der Waals surface area contributed by atoms with Gasteiger partial charge in [-0.1, -0.05) is 44.2 Å². The molecule has 0 radical (unpaired) electrons. The lowest BCUT2D eigenvalue weighted by atomic mass is 10.0. The first-order chi connectivity index (χ1) is 28.7. The molecule has 8 amide bonds. The summed E-state index contributed by atoms with van der Waals surface area (Å²) in [6.45, 7) is 5.67. The number of carbonyl (C=O) groups is 9. The molecule has 16 N–H and O–H groups in total. The third kappa shape index (κ3) is 22.3. The molecule has 0 fully saturated rings. The standard InChI is InChI=1S/C38H62N12O10S/c1-21(2)31(37(60)45-22(3)32(40)55)50-34(57)25(13-8-9-15-39)48-36(59)28(20-61-19-24-11-6-5-7-12-24)49-33(56)26(14-10-16-43-38(41)42)47-35(58)27(17-30(53)54)46-29(52)18-44-23(4)51/h5-7,11-12,21-22,25-28,31H,8-10,13-20,39H2,1-4H3,(H2,40,55)(H,44,51)(H,45,60)(H,46,52)(H,47,58)(H,48,59)(H,49,56)(H,50,57)(H,53,54)(H4,41,42,43)/t22-,25-,26-,27-,28-,31-/m0/s1. The van der Waals surface area contributed by atoms with Gasteiger partial charge in [-0.3, -0.25) is 48.1 Å². The van der Waals surface area contributed by atoms with Crippen LogP contribution in [0.1, 0.15) is 71.8 Å². The minimum Gasteiger partial charge on any atom is -0.481 e. The van der Waals surface area contributed by atoms with E-state index >= 15 is 0 Å². The number of unbranched alkanes of at least 4 members (excludes halogenated alkanes) is 1. The number of hydrogen-bond acceptors (Lipinski definition) is 12. The monoisotopic (exact) mass is 878 g/mol. The van der Waals surface area contributed by atoms with Crippen molar-refractivity contribution in [2.24, 2.45) is 33.8 Å². The zero-order valence-corrected chi connectivity index (χ0v) is 35.8. The smallest absolute Gasteiger partial charge is 0.305 e. The highest BCUT2D eigenvalue weighted by molar-refractivity contribution is 7.98. The van der Waals surface area contributed by atoms with Gasteiger partial charge < -0.3 is 65.3 Å². The van der Waals surface area contributed by atoms with Gasteiger partial charge in [0.2, 0.25) is 47.3 Å². The molecule has 0 aliphatic heterocycles. The number of carbonyl (C=O) groups excluding carboxylic acids is 8. The van der Waals surface area contributed by atoms with Crippen LogP contribution in [0, 0.1) is 5.92 Å². The largest absolute Gasteiger partial charge is 0.481 e. The number of aliphatic imine (C=N–C) groups is 1. The summed E-state index contributed by atoms with van der Waals surface area (Å²) in [5.41, 5.74) is 22.8. The first kappa shape index (κ1) is 53.0. The number of carboxylic acids is 1. The van der Waals surface area contributed by atoms with Gasteiger partial charge in [-0.25, -0.2) is 0 Å². The van der Waals surface area contributed by atoms with Gasteiger partial charge in [0, 0.05) is 25.0 Å². The summed E-state index contributed by atoms with van der Waals surface area (Å²) in [6, 6.07) is 1.47. The quantitative estimate of drug-likeness (QED) is 0.0214. The second kappa shape index (κ2) is 28.5. The second-order valence-electron chi connectivity index (χ2n) is 14.4. The van der Waals surface area contributed by atoms with Gasteiger partial charge in [0.15, 0.2) is 5.96 Å². The predicted octanol–water partition coefficient (Wildman–Crippen LogP) is -3.22. The van der Waals surface area contributed by atoms with Crippen molar-refractivity contribution in [2.45, 2.75) is 108 Å². The van der Waals surface area contributed by atoms with Crippen molar-refractivity contribution in [2.75, 3.05) is 25.4 Å². The topological polar surface area (TPSA) is 375 Å². The van der Waals surface area contributed by atoms with Gasteiger partial charge in [-0.05, 0) is 57.1 Å². The number of guanidine groups is 1. The minimum absolute atomic E-state index is 0.0266. The van der Waals surface area contributed by atoms with Crippen molar-refractivity contribution in [3.63, 3.8) is 0 Å². The van der Waals surface area contributed by atoms with Crippen LogP contribution in [0.15, 0.2) is 35.3 Å². The van der Waals surface area contributed by atoms with Gasteiger partial charge in [0.05, 0.1) is 13.0 Å². The molecule has 0 bridgehead atoms. The molecule has 1 aromatic carbocycles. The molecule has 0 aliphatic carbocycles. The Morgan fingerprint density at radius 1 is 0.705 bits per heavy atom. The Labute approximate surface area is 359 Å². The number of nitrogens with zero attached hydrogens (tertiary/aromatic N) is 1. The Morgan fingerprint density at radius 3 is 1.80 bits per heavy atom. The highest BCUT2D eigenvalue weighted by Gasteiger charge is 2.34. The summed E-state index contributed by atoms with van der Waals surface area (Å²) in [6.07, 6.45) is 0.123. The molecular formula is C38H62N12O10S. The van der Waals surface area contributed by atoms with Crippen LogP contribution in [-0.4, -0.2) is 126 Å². The molecule has 0 aromatic heterocycles. The number of nitrogens with one attached hydrogen (secondary N) is 7. The van der Waals surface area contributed by atoms with Gasteiger partial charge in [-0.2, -0.15) is 11.8 Å². The SMILES string of the molecule is CC(=O)NCC(=O)N[C@@H](CC(=O)O)C(=O)N[C@@H](CCCN=C(N)N)C(=O)N[C@@H](CSCc1ccccc1)C(=O)N[C@@H](CCCCN)C(=O)N[C@H](C(=O)N[C@@H](C)C(N)=O)C(C)C. The van der Waals surface area contributed by atoms with Gasteiger partial charge >= 0.3 is 5.97 Å². The van der Waals surface area contributed by atoms with E-state index in [4.69, 9.17) is 22.9 Å². The maximum atomic E-state index is 14.1. The van der Waals surface area contributed by atoms with Gasteiger partial charge in [0.1, 0.15) is 36.3 Å². The summed E-state index contributed by atoms with van der Waals surface area (Å²) in [7, 11) is 0. The number of aliphatic carboxylic acids is 1. The summed E-state index contributed by atoms with van der Waals surface area (Å²) in [5, 5.41) is 26.9. The van der Waals surface area contributed by atoms with E-state index in [1.165, 1.54) is 18.7 Å². The molecule has 0 aliphatic rings. The lowest BCUT2D eigenvalue weighted by molar-refractivity contribution is -0.141. The Balaban J connectivity index is 3.50. The molecule has 61 heavy (non-hydrogen) atoms. The number of thioether (sulfide) groups is 1. The van der Waals surface area contributed by atoms with E-state index in [9.17, 15) is 48.3 Å². The predicted molar refractivity (Wildman–Crippen MR) is 228 cm³/mol. The highest BCUT2D eigenvalue weighted by Crippen LogP contribution is 2.15. The fourth-order valence-corrected chi connectivity index (χ4v) is 6.42. The van der Waals surface area contributed by atoms with E-state index in [-0.39, 0.29) is 37.5 Å². The number of carboxylic acid groups (broad SMARTS) is 1. The van der Waals surface area contributed by atoms with Gasteiger partial charge in [-0.15, -0.1) is 0 Å². The van der Waals surface area contributed by atoms with E-state index in [1.54, 1.807) is 13.8 Å². The molecule has 1 rings (SSSR count). The average molecular weight is 879 g/mol. The van der Waals surface area contributed by atoms with E-state index in [1.807, 2.05) is 30.3 Å². The van der Waals surface area contributed by atoms with Crippen LogP contribution in [0.5, 0.6) is 0 Å². The van der Waals surface area contributed by atoms with E-state index in [0.717, 1.165) is 12.5 Å². The van der Waals surface area contributed by atoms with E-state index in [0.29, 0.717) is 25.1 Å². The maximum absolute atomic E-state index is 14.1. The summed E-state index contributed by atoms with van der Waals surface area (Å²) >= 11 is 1.28. The van der Waals surface area contributed by atoms with Crippen LogP contribution in [0.4, 0.5) is 0 Å². The van der Waals surface area contributed by atoms with E-state index in [2.05, 4.69) is 42.2 Å². The number of hydrogen-bond donors (Lipinski definition) is 12. The number of nitrogens with two attached hydrogens (primary N) is 4. The van der Waals surface area contributed by atoms with Crippen molar-refractivity contribution in [1.29, 1.82) is 0 Å². The lowest BCUT2D eigenvalue weighted by Gasteiger charge is -2.28. The minimum atomic E-state index is -1.67. The highest BCUT2D eigenvalue weighted by atomic mass is 32.2. The van der Waals surface area contributed by atoms with Crippen LogP contribution < -0.4 is 60.2 Å². The van der Waals surface area contributed by atoms with Crippen molar-refractivity contribution in [1.82, 2.24) is 37.2 Å². The molecular weight excluding hydrogens is 817 g/mol. The number of amides is 8. The lowest BCUT2D eigenvalue weighted by Crippen LogP contribution is -2.60. The Hall–Kier alpha value is -5.97. The fourth-order valence-electron chi connectivity index (χ4n) is 5.40. The molecule has 0 saturated carbocycles. The molecule has 6 atom stereocenters. The van der Waals surface area contributed by atoms with Crippen molar-refractivity contribution in [3.8, 4) is 0 Å². The molecule has 340 valence electrons. The van der Waals surface area contributed by atoms with Crippen molar-refractivity contribution in [3.05, 3.63) is 35.9 Å². The number of rotatable bonds is 29. The van der Waals surface area contributed by atoms with Crippen LogP contribution in [0.25, 0.3) is 0 Å². The normalized spacial score (nSPS) is 13.7. The fraction of sp³-hybridized carbons (Fsp3) is 0.579. The first-order valence-electron chi connectivity index (χ1n) is 19.7. The molecule has 0 saturated heterocycles. The Morgan fingerprint density at radius 2 is 1.26 bits per heavy atom. The molecule has 0 spiro atoms. The first-order valence-corrected chi connectivity index (χ1v) is 20.8. The van der Waals surface area contributed by atoms with E-state index < -0.39 is 108 Å². The summed E-state index contributed by atoms with van der Waals surface area (Å²) < 4.78 is 0. The third-order valence-corrected chi connectivity index (χ3v) is 9.85. The van der Waals surface area contributed by atoms with Crippen LogP contribution >= 0.6 is 11.8 Å². The van der Waals surface area contributed by atoms with Crippen LogP contribution in [0.3, 0.4) is 0 Å². The maximum Gasteiger partial charge on any atom is 0.305 e. The van der Waals surface area contributed by atoms with Crippen LogP contribution in [0.2, 0.25) is 0 Å². The average Bonchev–Trinajstić information content (AvgIpc) is 3.18. The number of primary amides is 1. The zero-order chi connectivity index (χ0) is 46.1. The Kier molecular flexibility index (Phi) is 24.8. The third-order valence-electron chi connectivity index (χ3n) is 8.75. The van der Waals surface area contributed by atoms with Crippen LogP contribution in [-0.2, 0) is 48.9 Å². The second-order valence-corrected chi connectivity index (χ2v) is 15.4. The van der Waals surface area contributed by atoms with Crippen molar-refractivity contribution >= 4 is 70.9 Å². The zero-order valence-electron chi connectivity index (χ0n) is 35.0. The van der Waals surface area contributed by atoms with Gasteiger partial charge in [0.25, 0.3) is 0 Å². The number of benzene rings is 1. The molecule has 0 unspecified atom stereocenters. The molecule has 1 aromatic rings. The molecule has 22 nitrogen and oxygen atoms in total. The van der Waals surface area contributed by atoms with Crippen molar-refractivity contribution < 1.29 is 48.3 Å². The molecule has 0 heterocycles. The summed E-state index contributed by atoms with van der Waals surface area (Å²) in [4.78, 5) is 119.